The van der Waals surface area contributed by atoms with Crippen molar-refractivity contribution in [1.29, 1.82) is 0 Å². The first-order chi connectivity index (χ1) is 10.4. The van der Waals surface area contributed by atoms with Gasteiger partial charge in [-0.1, -0.05) is 6.92 Å². The smallest absolute Gasteiger partial charge is 0.254 e. The molecule has 0 saturated carbocycles. The molecule has 1 amide bonds. The molecule has 2 rings (SSSR count). The molecule has 6 nitrogen and oxygen atoms in total. The number of hydrogen-bond acceptors (Lipinski definition) is 4. The van der Waals surface area contributed by atoms with Crippen LogP contribution in [0.15, 0.2) is 12.3 Å². The zero-order valence-electron chi connectivity index (χ0n) is 14.0. The van der Waals surface area contributed by atoms with Gasteiger partial charge in [0.25, 0.3) is 5.91 Å². The molecule has 0 aromatic carbocycles. The topological polar surface area (TPSA) is 77.0 Å². The SMILES string of the molecule is CCC(C)n1ncc2c(C(=O)N(C)C(C)CN)cc(C)nc21. The summed E-state index contributed by atoms with van der Waals surface area (Å²) in [5.74, 6) is -0.0443. The molecule has 0 radical (unpaired) electrons. The maximum absolute atomic E-state index is 12.8. The molecule has 2 atom stereocenters. The van der Waals surface area contributed by atoms with Crippen molar-refractivity contribution in [3.05, 3.63) is 23.5 Å². The molecule has 22 heavy (non-hydrogen) atoms. The summed E-state index contributed by atoms with van der Waals surface area (Å²) in [6.07, 6.45) is 2.70. The first-order valence-electron chi connectivity index (χ1n) is 7.72. The maximum Gasteiger partial charge on any atom is 0.254 e. The van der Waals surface area contributed by atoms with E-state index < -0.39 is 0 Å². The largest absolute Gasteiger partial charge is 0.338 e. The lowest BCUT2D eigenvalue weighted by molar-refractivity contribution is 0.0750. The van der Waals surface area contributed by atoms with E-state index in [4.69, 9.17) is 5.73 Å². The van der Waals surface area contributed by atoms with Gasteiger partial charge < -0.3 is 10.6 Å². The standard InChI is InChI=1S/C16H25N5O/c1-6-11(3)21-15-14(9-18-21)13(7-10(2)19-15)16(22)20(5)12(4)8-17/h7,9,11-12H,6,8,17H2,1-5H3. The highest BCUT2D eigenvalue weighted by molar-refractivity contribution is 6.05. The number of aryl methyl sites for hydroxylation is 1. The Morgan fingerprint density at radius 3 is 2.73 bits per heavy atom. The zero-order chi connectivity index (χ0) is 16.4. The molecular formula is C16H25N5O. The molecule has 0 aliphatic carbocycles. The third-order valence-corrected chi connectivity index (χ3v) is 4.26. The second kappa shape index (κ2) is 6.44. The predicted octanol–water partition coefficient (Wildman–Crippen LogP) is 2.13. The van der Waals surface area contributed by atoms with E-state index in [0.29, 0.717) is 12.1 Å². The lowest BCUT2D eigenvalue weighted by atomic mass is 10.1. The van der Waals surface area contributed by atoms with Gasteiger partial charge in [-0.3, -0.25) is 4.79 Å². The van der Waals surface area contributed by atoms with E-state index in [1.54, 1.807) is 18.1 Å². The number of amides is 1. The van der Waals surface area contributed by atoms with Gasteiger partial charge in [0.05, 0.1) is 23.2 Å². The molecule has 0 spiro atoms. The number of pyridine rings is 1. The first-order valence-corrected chi connectivity index (χ1v) is 7.72. The summed E-state index contributed by atoms with van der Waals surface area (Å²) in [5.41, 5.74) is 7.89. The predicted molar refractivity (Wildman–Crippen MR) is 87.9 cm³/mol. The van der Waals surface area contributed by atoms with E-state index in [2.05, 4.69) is 23.9 Å². The fraction of sp³-hybridized carbons (Fsp3) is 0.562. The Bertz CT molecular complexity index is 678. The number of likely N-dealkylation sites (N-methyl/N-ethyl adjacent to an activating group) is 1. The van der Waals surface area contributed by atoms with E-state index in [0.717, 1.165) is 23.1 Å². The summed E-state index contributed by atoms with van der Waals surface area (Å²) in [6, 6.07) is 2.06. The molecule has 6 heteroatoms. The first kappa shape index (κ1) is 16.4. The highest BCUT2D eigenvalue weighted by atomic mass is 16.2. The molecule has 120 valence electrons. The Hall–Kier alpha value is -1.95. The van der Waals surface area contributed by atoms with Crippen LogP contribution in [0.2, 0.25) is 0 Å². The third kappa shape index (κ3) is 2.83. The number of nitrogens with two attached hydrogens (primary N) is 1. The van der Waals surface area contributed by atoms with Crippen molar-refractivity contribution in [3.8, 4) is 0 Å². The van der Waals surface area contributed by atoms with Crippen LogP contribution in [0, 0.1) is 6.92 Å². The van der Waals surface area contributed by atoms with Crippen molar-refractivity contribution >= 4 is 16.9 Å². The van der Waals surface area contributed by atoms with E-state index in [-0.39, 0.29) is 18.0 Å². The summed E-state index contributed by atoms with van der Waals surface area (Å²) < 4.78 is 1.89. The number of fused-ring (bicyclic) bond motifs is 1. The molecule has 2 aromatic rings. The molecular weight excluding hydrogens is 278 g/mol. The van der Waals surface area contributed by atoms with Crippen LogP contribution in [-0.4, -0.2) is 45.2 Å². The average molecular weight is 303 g/mol. The van der Waals surface area contributed by atoms with Crippen molar-refractivity contribution in [2.24, 2.45) is 5.73 Å². The van der Waals surface area contributed by atoms with E-state index in [1.807, 2.05) is 24.6 Å². The number of rotatable bonds is 5. The summed E-state index contributed by atoms with van der Waals surface area (Å²) in [5, 5.41) is 5.23. The summed E-state index contributed by atoms with van der Waals surface area (Å²) in [4.78, 5) is 19.0. The van der Waals surface area contributed by atoms with Gasteiger partial charge in [0.15, 0.2) is 5.65 Å². The van der Waals surface area contributed by atoms with Crippen LogP contribution in [0.4, 0.5) is 0 Å². The summed E-state index contributed by atoms with van der Waals surface area (Å²) >= 11 is 0. The molecule has 2 aromatic heterocycles. The average Bonchev–Trinajstić information content (AvgIpc) is 2.94. The van der Waals surface area contributed by atoms with Crippen LogP contribution < -0.4 is 5.73 Å². The molecule has 0 aliphatic rings. The minimum absolute atomic E-state index is 0.0133. The second-order valence-electron chi connectivity index (χ2n) is 5.90. The zero-order valence-corrected chi connectivity index (χ0v) is 14.0. The van der Waals surface area contributed by atoms with Crippen LogP contribution in [0.1, 0.15) is 49.3 Å². The molecule has 2 heterocycles. The van der Waals surface area contributed by atoms with Gasteiger partial charge in [-0.2, -0.15) is 5.10 Å². The van der Waals surface area contributed by atoms with Gasteiger partial charge in [0.1, 0.15) is 0 Å². The van der Waals surface area contributed by atoms with Crippen LogP contribution in [0.5, 0.6) is 0 Å². The number of hydrogen-bond donors (Lipinski definition) is 1. The fourth-order valence-corrected chi connectivity index (χ4v) is 2.36. The fourth-order valence-electron chi connectivity index (χ4n) is 2.36. The van der Waals surface area contributed by atoms with Gasteiger partial charge in [-0.25, -0.2) is 9.67 Å². The molecule has 0 saturated heterocycles. The van der Waals surface area contributed by atoms with Gasteiger partial charge >= 0.3 is 0 Å². The van der Waals surface area contributed by atoms with Gasteiger partial charge in [0.2, 0.25) is 0 Å². The minimum Gasteiger partial charge on any atom is -0.338 e. The Morgan fingerprint density at radius 1 is 1.45 bits per heavy atom. The van der Waals surface area contributed by atoms with Crippen molar-refractivity contribution in [2.75, 3.05) is 13.6 Å². The highest BCUT2D eigenvalue weighted by Gasteiger charge is 2.22. The van der Waals surface area contributed by atoms with Crippen LogP contribution >= 0.6 is 0 Å². The van der Waals surface area contributed by atoms with Crippen LogP contribution in [0.3, 0.4) is 0 Å². The maximum atomic E-state index is 12.8. The number of aromatic nitrogens is 3. The lowest BCUT2D eigenvalue weighted by Gasteiger charge is -2.24. The van der Waals surface area contributed by atoms with Gasteiger partial charge in [-0.05, 0) is 33.3 Å². The molecule has 0 aliphatic heterocycles. The Balaban J connectivity index is 2.55. The summed E-state index contributed by atoms with van der Waals surface area (Å²) in [6.45, 7) is 8.47. The molecule has 2 unspecified atom stereocenters. The second-order valence-corrected chi connectivity index (χ2v) is 5.90. The Morgan fingerprint density at radius 2 is 2.14 bits per heavy atom. The highest BCUT2D eigenvalue weighted by Crippen LogP contribution is 2.23. The van der Waals surface area contributed by atoms with Gasteiger partial charge in [0, 0.05) is 25.3 Å². The minimum atomic E-state index is -0.0443. The third-order valence-electron chi connectivity index (χ3n) is 4.26. The van der Waals surface area contributed by atoms with Crippen molar-refractivity contribution in [1.82, 2.24) is 19.7 Å². The number of carbonyl (C=O) groups is 1. The van der Waals surface area contributed by atoms with Crippen LogP contribution in [0.25, 0.3) is 11.0 Å². The Labute approximate surface area is 131 Å². The molecule has 0 bridgehead atoms. The normalized spacial score (nSPS) is 14.1. The lowest BCUT2D eigenvalue weighted by Crippen LogP contribution is -2.39. The van der Waals surface area contributed by atoms with E-state index in [9.17, 15) is 4.79 Å². The van der Waals surface area contributed by atoms with Crippen molar-refractivity contribution in [3.63, 3.8) is 0 Å². The molecule has 2 N–H and O–H groups in total. The van der Waals surface area contributed by atoms with E-state index in [1.165, 1.54) is 0 Å². The van der Waals surface area contributed by atoms with Gasteiger partial charge in [-0.15, -0.1) is 0 Å². The molecule has 0 fully saturated rings. The Kier molecular flexibility index (Phi) is 4.81. The monoisotopic (exact) mass is 303 g/mol. The summed E-state index contributed by atoms with van der Waals surface area (Å²) in [7, 11) is 1.78. The van der Waals surface area contributed by atoms with Crippen molar-refractivity contribution in [2.45, 2.75) is 46.2 Å². The van der Waals surface area contributed by atoms with Crippen LogP contribution in [-0.2, 0) is 0 Å². The van der Waals surface area contributed by atoms with E-state index >= 15 is 0 Å². The number of nitrogens with zero attached hydrogens (tertiary/aromatic N) is 4. The van der Waals surface area contributed by atoms with Crippen molar-refractivity contribution < 1.29 is 4.79 Å². The number of carbonyl (C=O) groups excluding carboxylic acids is 1. The quantitative estimate of drug-likeness (QED) is 0.918.